The van der Waals surface area contributed by atoms with Gasteiger partial charge in [-0.2, -0.15) is 13.2 Å². The average molecular weight is 296 g/mol. The minimum atomic E-state index is -4.50. The van der Waals surface area contributed by atoms with Gasteiger partial charge in [0.2, 0.25) is 0 Å². The van der Waals surface area contributed by atoms with Gasteiger partial charge >= 0.3 is 6.18 Å². The standard InChI is InChI=1S/C11H9ClF3NO.CH4O/c12-10-8(4-2-1-3-7-17)5-6-9(16-10)11(13,14)15;1-2/h2,4-7H,1,3H2;2H,1H3/b4-2+;. The lowest BCUT2D eigenvalue weighted by atomic mass is 10.2. The van der Waals surface area contributed by atoms with E-state index in [0.29, 0.717) is 18.4 Å². The summed E-state index contributed by atoms with van der Waals surface area (Å²) >= 11 is 5.62. The predicted octanol–water partition coefficient (Wildman–Crippen LogP) is 3.35. The number of halogens is 4. The minimum Gasteiger partial charge on any atom is -0.400 e. The van der Waals surface area contributed by atoms with Crippen LogP contribution < -0.4 is 0 Å². The molecule has 106 valence electrons. The Kier molecular flexibility index (Phi) is 8.02. The maximum atomic E-state index is 12.3. The van der Waals surface area contributed by atoms with Crippen molar-refractivity contribution in [2.24, 2.45) is 0 Å². The number of aliphatic hydroxyl groups excluding tert-OH is 1. The molecule has 1 aromatic heterocycles. The van der Waals surface area contributed by atoms with Gasteiger partial charge in [-0.1, -0.05) is 23.8 Å². The second kappa shape index (κ2) is 8.66. The van der Waals surface area contributed by atoms with Crippen molar-refractivity contribution in [2.75, 3.05) is 7.11 Å². The van der Waals surface area contributed by atoms with Gasteiger partial charge < -0.3 is 9.90 Å². The molecule has 1 heterocycles. The van der Waals surface area contributed by atoms with Gasteiger partial charge in [-0.25, -0.2) is 4.98 Å². The van der Waals surface area contributed by atoms with Crippen LogP contribution in [0.5, 0.6) is 0 Å². The predicted molar refractivity (Wildman–Crippen MR) is 66.7 cm³/mol. The molecule has 0 unspecified atom stereocenters. The van der Waals surface area contributed by atoms with Gasteiger partial charge in [-0.15, -0.1) is 0 Å². The van der Waals surface area contributed by atoms with E-state index in [4.69, 9.17) is 16.7 Å². The smallest absolute Gasteiger partial charge is 0.400 e. The number of allylic oxidation sites excluding steroid dienone is 1. The summed E-state index contributed by atoms with van der Waals surface area (Å²) in [6, 6.07) is 2.11. The number of alkyl halides is 3. The van der Waals surface area contributed by atoms with Crippen molar-refractivity contribution < 1.29 is 23.1 Å². The van der Waals surface area contributed by atoms with Crippen LogP contribution in [0, 0.1) is 0 Å². The number of carbonyl (C=O) groups is 1. The van der Waals surface area contributed by atoms with Crippen LogP contribution in [-0.2, 0) is 11.0 Å². The summed E-state index contributed by atoms with van der Waals surface area (Å²) < 4.78 is 36.8. The van der Waals surface area contributed by atoms with Crippen LogP contribution >= 0.6 is 11.6 Å². The van der Waals surface area contributed by atoms with Crippen LogP contribution in [0.2, 0.25) is 5.15 Å². The van der Waals surface area contributed by atoms with Crippen LogP contribution in [0.25, 0.3) is 6.08 Å². The summed E-state index contributed by atoms with van der Waals surface area (Å²) in [6.45, 7) is 0. The molecule has 0 radical (unpaired) electrons. The summed E-state index contributed by atoms with van der Waals surface area (Å²) in [5.74, 6) is 0. The second-order valence-corrected chi connectivity index (χ2v) is 3.58. The molecule has 3 nitrogen and oxygen atoms in total. The quantitative estimate of drug-likeness (QED) is 0.526. The molecule has 1 N–H and O–H groups in total. The Labute approximate surface area is 113 Å². The number of aldehydes is 1. The van der Waals surface area contributed by atoms with Gasteiger partial charge in [0.05, 0.1) is 0 Å². The number of aromatic nitrogens is 1. The Bertz CT molecular complexity index is 433. The SMILES string of the molecule is CO.O=CCC/C=C/c1ccc(C(F)(F)F)nc1Cl. The van der Waals surface area contributed by atoms with Crippen molar-refractivity contribution in [1.29, 1.82) is 0 Å². The fourth-order valence-corrected chi connectivity index (χ4v) is 1.32. The van der Waals surface area contributed by atoms with Crippen LogP contribution in [0.4, 0.5) is 13.2 Å². The zero-order valence-corrected chi connectivity index (χ0v) is 10.9. The second-order valence-electron chi connectivity index (χ2n) is 3.22. The highest BCUT2D eigenvalue weighted by molar-refractivity contribution is 6.30. The molecule has 0 aliphatic rings. The average Bonchev–Trinajstić information content (AvgIpc) is 2.37. The molecule has 1 aromatic rings. The van der Waals surface area contributed by atoms with E-state index in [1.54, 1.807) is 12.2 Å². The van der Waals surface area contributed by atoms with E-state index < -0.39 is 11.9 Å². The lowest BCUT2D eigenvalue weighted by Gasteiger charge is -2.06. The Balaban J connectivity index is 0.00000154. The third-order valence-corrected chi connectivity index (χ3v) is 2.22. The molecular formula is C12H13ClF3NO2. The summed E-state index contributed by atoms with van der Waals surface area (Å²) in [5.41, 5.74) is -0.627. The van der Waals surface area contributed by atoms with Gasteiger partial charge in [0.25, 0.3) is 0 Å². The van der Waals surface area contributed by atoms with Gasteiger partial charge in [0.15, 0.2) is 0 Å². The molecule has 0 saturated carbocycles. The number of rotatable bonds is 4. The molecule has 0 aliphatic carbocycles. The van der Waals surface area contributed by atoms with Gasteiger partial charge in [0, 0.05) is 19.1 Å². The van der Waals surface area contributed by atoms with Crippen molar-refractivity contribution in [2.45, 2.75) is 19.0 Å². The number of pyridine rings is 1. The summed E-state index contributed by atoms with van der Waals surface area (Å²) in [4.78, 5) is 13.3. The van der Waals surface area contributed by atoms with E-state index in [0.717, 1.165) is 19.5 Å². The first-order chi connectivity index (χ1) is 8.95. The molecule has 7 heteroatoms. The normalized spacial score (nSPS) is 11.1. The highest BCUT2D eigenvalue weighted by Crippen LogP contribution is 2.29. The molecule has 0 saturated heterocycles. The van der Waals surface area contributed by atoms with Crippen molar-refractivity contribution in [1.82, 2.24) is 4.98 Å². The van der Waals surface area contributed by atoms with Crippen LogP contribution in [0.3, 0.4) is 0 Å². The van der Waals surface area contributed by atoms with Crippen molar-refractivity contribution in [3.05, 3.63) is 34.6 Å². The number of carbonyl (C=O) groups excluding carboxylic acids is 1. The summed E-state index contributed by atoms with van der Waals surface area (Å²) in [5, 5.41) is 6.79. The monoisotopic (exact) mass is 295 g/mol. The lowest BCUT2D eigenvalue weighted by Crippen LogP contribution is -2.07. The first-order valence-electron chi connectivity index (χ1n) is 5.24. The number of hydrogen-bond donors (Lipinski definition) is 1. The molecule has 19 heavy (non-hydrogen) atoms. The third kappa shape index (κ3) is 6.35. The maximum Gasteiger partial charge on any atom is 0.433 e. The molecule has 0 aromatic carbocycles. The Morgan fingerprint density at radius 2 is 1.95 bits per heavy atom. The van der Waals surface area contributed by atoms with Crippen LogP contribution in [0.15, 0.2) is 18.2 Å². The highest BCUT2D eigenvalue weighted by atomic mass is 35.5. The van der Waals surface area contributed by atoms with Gasteiger partial charge in [-0.3, -0.25) is 0 Å². The van der Waals surface area contributed by atoms with E-state index in [1.165, 1.54) is 6.07 Å². The third-order valence-electron chi connectivity index (χ3n) is 1.92. The number of nitrogens with zero attached hydrogens (tertiary/aromatic N) is 1. The Morgan fingerprint density at radius 1 is 1.32 bits per heavy atom. The van der Waals surface area contributed by atoms with Crippen LogP contribution in [-0.4, -0.2) is 23.5 Å². The Hall–Kier alpha value is -1.40. The van der Waals surface area contributed by atoms with Crippen molar-refractivity contribution in [3.8, 4) is 0 Å². The van der Waals surface area contributed by atoms with E-state index in [9.17, 15) is 18.0 Å². The van der Waals surface area contributed by atoms with Gasteiger partial charge in [-0.05, 0) is 18.6 Å². The Morgan fingerprint density at radius 3 is 2.42 bits per heavy atom. The van der Waals surface area contributed by atoms with E-state index in [1.807, 2.05) is 0 Å². The fraction of sp³-hybridized carbons (Fsp3) is 0.333. The molecule has 0 fully saturated rings. The number of aliphatic hydroxyl groups is 1. The molecule has 0 amide bonds. The van der Waals surface area contributed by atoms with Gasteiger partial charge in [0.1, 0.15) is 17.1 Å². The van der Waals surface area contributed by atoms with E-state index >= 15 is 0 Å². The first-order valence-corrected chi connectivity index (χ1v) is 5.61. The van der Waals surface area contributed by atoms with Crippen LogP contribution in [0.1, 0.15) is 24.1 Å². The molecule has 0 atom stereocenters. The molecule has 0 aliphatic heterocycles. The molecule has 0 spiro atoms. The summed E-state index contributed by atoms with van der Waals surface area (Å²) in [7, 11) is 1.00. The number of hydrogen-bond acceptors (Lipinski definition) is 3. The topological polar surface area (TPSA) is 50.2 Å². The largest absolute Gasteiger partial charge is 0.433 e. The molecule has 0 bridgehead atoms. The summed E-state index contributed by atoms with van der Waals surface area (Å²) in [6.07, 6.45) is 0.340. The zero-order chi connectivity index (χ0) is 14.9. The zero-order valence-electron chi connectivity index (χ0n) is 10.1. The maximum absolute atomic E-state index is 12.3. The fourth-order valence-electron chi connectivity index (χ4n) is 1.10. The van der Waals surface area contributed by atoms with Crippen molar-refractivity contribution in [3.63, 3.8) is 0 Å². The lowest BCUT2D eigenvalue weighted by molar-refractivity contribution is -0.141. The van der Waals surface area contributed by atoms with E-state index in [2.05, 4.69) is 4.98 Å². The molecular weight excluding hydrogens is 283 g/mol. The highest BCUT2D eigenvalue weighted by Gasteiger charge is 2.32. The number of unbranched alkanes of at least 4 members (excludes halogenated alkanes) is 1. The minimum absolute atomic E-state index is 0.206. The van der Waals surface area contributed by atoms with Crippen molar-refractivity contribution >= 4 is 24.0 Å². The van der Waals surface area contributed by atoms with E-state index in [-0.39, 0.29) is 5.15 Å². The first kappa shape index (κ1) is 17.6. The molecule has 1 rings (SSSR count).